The molecule has 0 radical (unpaired) electrons. The molecule has 2 rings (SSSR count). The second-order valence-electron chi connectivity index (χ2n) is 5.12. The van der Waals surface area contributed by atoms with Crippen LogP contribution in [0.25, 0.3) is 0 Å². The number of benzene rings is 1. The molecule has 1 amide bonds. The summed E-state index contributed by atoms with van der Waals surface area (Å²) in [6, 6.07) is 10.7. The maximum absolute atomic E-state index is 12.3. The highest BCUT2D eigenvalue weighted by Crippen LogP contribution is 2.23. The molecular weight excluding hydrogens is 307 g/mol. The van der Waals surface area contributed by atoms with Crippen LogP contribution < -0.4 is 5.32 Å². The summed E-state index contributed by atoms with van der Waals surface area (Å²) in [4.78, 5) is 16.2. The zero-order chi connectivity index (χ0) is 15.4. The summed E-state index contributed by atoms with van der Waals surface area (Å²) in [6.07, 6.45) is 1.47. The first-order valence-corrected chi connectivity index (χ1v) is 7.41. The van der Waals surface area contributed by atoms with Crippen molar-refractivity contribution in [2.45, 2.75) is 19.9 Å². The Morgan fingerprint density at radius 1 is 1.10 bits per heavy atom. The maximum Gasteiger partial charge on any atom is 0.253 e. The number of aromatic nitrogens is 1. The number of carbonyl (C=O) groups excluding carboxylic acids is 1. The lowest BCUT2D eigenvalue weighted by Gasteiger charge is -2.23. The molecule has 0 saturated carbocycles. The fraction of sp³-hybridized carbons (Fsp3) is 0.250. The van der Waals surface area contributed by atoms with E-state index in [1.54, 1.807) is 12.1 Å². The van der Waals surface area contributed by atoms with Gasteiger partial charge in [0.1, 0.15) is 5.15 Å². The molecule has 1 aromatic heterocycles. The molecule has 1 atom stereocenters. The van der Waals surface area contributed by atoms with Crippen LogP contribution in [0.3, 0.4) is 0 Å². The van der Waals surface area contributed by atoms with E-state index in [1.165, 1.54) is 6.20 Å². The Hall–Kier alpha value is -1.58. The van der Waals surface area contributed by atoms with Crippen LogP contribution >= 0.6 is 23.2 Å². The highest BCUT2D eigenvalue weighted by atomic mass is 35.5. The Bertz CT molecular complexity index is 609. The van der Waals surface area contributed by atoms with Gasteiger partial charge in [0.15, 0.2) is 0 Å². The minimum Gasteiger partial charge on any atom is -0.345 e. The average molecular weight is 323 g/mol. The highest BCUT2D eigenvalue weighted by molar-refractivity contribution is 6.30. The van der Waals surface area contributed by atoms with Crippen LogP contribution in [-0.2, 0) is 0 Å². The Balaban J connectivity index is 2.18. The Morgan fingerprint density at radius 3 is 2.29 bits per heavy atom. The summed E-state index contributed by atoms with van der Waals surface area (Å²) in [5, 5.41) is 4.06. The van der Waals surface area contributed by atoms with Crippen molar-refractivity contribution in [1.29, 1.82) is 0 Å². The number of hydrogen-bond donors (Lipinski definition) is 1. The fourth-order valence-electron chi connectivity index (χ4n) is 2.04. The van der Waals surface area contributed by atoms with E-state index in [0.29, 0.717) is 15.7 Å². The van der Waals surface area contributed by atoms with Gasteiger partial charge in [-0.05, 0) is 35.7 Å². The van der Waals surface area contributed by atoms with E-state index in [0.717, 1.165) is 5.56 Å². The second-order valence-corrected chi connectivity index (χ2v) is 5.94. The quantitative estimate of drug-likeness (QED) is 0.841. The van der Waals surface area contributed by atoms with Gasteiger partial charge in [-0.15, -0.1) is 0 Å². The number of amides is 1. The van der Waals surface area contributed by atoms with Gasteiger partial charge in [-0.25, -0.2) is 4.98 Å². The largest absolute Gasteiger partial charge is 0.345 e. The van der Waals surface area contributed by atoms with Crippen LogP contribution in [0.15, 0.2) is 42.6 Å². The normalized spacial score (nSPS) is 12.2. The van der Waals surface area contributed by atoms with Crippen LogP contribution in [0, 0.1) is 5.92 Å². The van der Waals surface area contributed by atoms with E-state index in [-0.39, 0.29) is 17.9 Å². The van der Waals surface area contributed by atoms with Gasteiger partial charge in [0.25, 0.3) is 5.91 Å². The van der Waals surface area contributed by atoms with Crippen molar-refractivity contribution >= 4 is 29.1 Å². The first kappa shape index (κ1) is 15.8. The van der Waals surface area contributed by atoms with Gasteiger partial charge in [-0.1, -0.05) is 49.2 Å². The summed E-state index contributed by atoms with van der Waals surface area (Å²) in [5.74, 6) is 0.0724. The van der Waals surface area contributed by atoms with E-state index >= 15 is 0 Å². The average Bonchev–Trinajstić information content (AvgIpc) is 2.46. The van der Waals surface area contributed by atoms with Gasteiger partial charge in [-0.2, -0.15) is 0 Å². The molecule has 0 fully saturated rings. The zero-order valence-electron chi connectivity index (χ0n) is 11.8. The molecule has 1 N–H and O–H groups in total. The first-order valence-electron chi connectivity index (χ1n) is 6.65. The van der Waals surface area contributed by atoms with Gasteiger partial charge in [-0.3, -0.25) is 4.79 Å². The molecule has 3 nitrogen and oxygen atoms in total. The summed E-state index contributed by atoms with van der Waals surface area (Å²) >= 11 is 11.6. The van der Waals surface area contributed by atoms with Crippen LogP contribution in [0.4, 0.5) is 0 Å². The molecule has 110 valence electrons. The van der Waals surface area contributed by atoms with E-state index in [9.17, 15) is 4.79 Å². The van der Waals surface area contributed by atoms with Gasteiger partial charge >= 0.3 is 0 Å². The van der Waals surface area contributed by atoms with Crippen molar-refractivity contribution < 1.29 is 4.79 Å². The molecule has 1 heterocycles. The summed E-state index contributed by atoms with van der Waals surface area (Å²) in [6.45, 7) is 4.11. The van der Waals surface area contributed by atoms with Crippen molar-refractivity contribution in [2.75, 3.05) is 0 Å². The number of halogens is 2. The molecule has 2 aromatic rings. The lowest BCUT2D eigenvalue weighted by Crippen LogP contribution is -2.31. The third-order valence-corrected chi connectivity index (χ3v) is 3.65. The predicted octanol–water partition coefficient (Wildman–Crippen LogP) is 4.52. The molecule has 0 spiro atoms. The van der Waals surface area contributed by atoms with Crippen molar-refractivity contribution in [3.8, 4) is 0 Å². The topological polar surface area (TPSA) is 42.0 Å². The maximum atomic E-state index is 12.3. The zero-order valence-corrected chi connectivity index (χ0v) is 13.3. The van der Waals surface area contributed by atoms with Crippen molar-refractivity contribution in [2.24, 2.45) is 5.92 Å². The van der Waals surface area contributed by atoms with Gasteiger partial charge in [0, 0.05) is 11.2 Å². The number of rotatable bonds is 4. The van der Waals surface area contributed by atoms with Crippen LogP contribution in [0.1, 0.15) is 35.8 Å². The lowest BCUT2D eigenvalue weighted by atomic mass is 9.96. The third kappa shape index (κ3) is 4.19. The molecule has 0 bridgehead atoms. The minimum atomic E-state index is -0.173. The first-order chi connectivity index (χ1) is 9.97. The van der Waals surface area contributed by atoms with Crippen LogP contribution in [0.5, 0.6) is 0 Å². The lowest BCUT2D eigenvalue weighted by molar-refractivity contribution is 0.0925. The van der Waals surface area contributed by atoms with E-state index in [4.69, 9.17) is 23.2 Å². The standard InChI is InChI=1S/C16H16Cl2N2O/c1-10(2)15(11-3-6-13(17)7-4-11)20-16(21)12-5-8-14(18)19-9-12/h3-10,15H,1-2H3,(H,20,21). The van der Waals surface area contributed by atoms with E-state index in [1.807, 2.05) is 24.3 Å². The summed E-state index contributed by atoms with van der Waals surface area (Å²) in [5.41, 5.74) is 1.50. The number of nitrogens with one attached hydrogen (secondary N) is 1. The monoisotopic (exact) mass is 322 g/mol. The van der Waals surface area contributed by atoms with Crippen molar-refractivity contribution in [3.63, 3.8) is 0 Å². The predicted molar refractivity (Wildman–Crippen MR) is 85.7 cm³/mol. The van der Waals surface area contributed by atoms with Gasteiger partial charge in [0.05, 0.1) is 11.6 Å². The number of pyridine rings is 1. The van der Waals surface area contributed by atoms with Crippen LogP contribution in [-0.4, -0.2) is 10.9 Å². The Labute approximate surface area is 134 Å². The van der Waals surface area contributed by atoms with E-state index < -0.39 is 0 Å². The van der Waals surface area contributed by atoms with Crippen molar-refractivity contribution in [3.05, 3.63) is 63.9 Å². The molecule has 0 saturated heterocycles. The molecule has 5 heteroatoms. The van der Waals surface area contributed by atoms with Crippen molar-refractivity contribution in [1.82, 2.24) is 10.3 Å². The fourth-order valence-corrected chi connectivity index (χ4v) is 2.28. The van der Waals surface area contributed by atoms with Gasteiger partial charge < -0.3 is 5.32 Å². The second kappa shape index (κ2) is 6.92. The SMILES string of the molecule is CC(C)C(NC(=O)c1ccc(Cl)nc1)c1ccc(Cl)cc1. The van der Waals surface area contributed by atoms with E-state index in [2.05, 4.69) is 24.1 Å². The smallest absolute Gasteiger partial charge is 0.253 e. The molecule has 0 aliphatic rings. The molecular formula is C16H16Cl2N2O. The molecule has 1 aromatic carbocycles. The Kier molecular flexibility index (Phi) is 5.21. The molecule has 0 aliphatic heterocycles. The summed E-state index contributed by atoms with van der Waals surface area (Å²) < 4.78 is 0. The highest BCUT2D eigenvalue weighted by Gasteiger charge is 2.19. The minimum absolute atomic E-state index is 0.0922. The summed E-state index contributed by atoms with van der Waals surface area (Å²) in [7, 11) is 0. The van der Waals surface area contributed by atoms with Crippen LogP contribution in [0.2, 0.25) is 10.2 Å². The number of carbonyl (C=O) groups is 1. The third-order valence-electron chi connectivity index (χ3n) is 3.17. The molecule has 21 heavy (non-hydrogen) atoms. The number of nitrogens with zero attached hydrogens (tertiary/aromatic N) is 1. The number of hydrogen-bond acceptors (Lipinski definition) is 2. The molecule has 1 unspecified atom stereocenters. The Morgan fingerprint density at radius 2 is 1.76 bits per heavy atom. The molecule has 0 aliphatic carbocycles. The van der Waals surface area contributed by atoms with Gasteiger partial charge in [0.2, 0.25) is 0 Å².